The molecule has 1 rings (SSSR count). The van der Waals surface area contributed by atoms with Crippen LogP contribution in [0.4, 0.5) is 0 Å². The van der Waals surface area contributed by atoms with E-state index >= 15 is 0 Å². The lowest BCUT2D eigenvalue weighted by atomic mass is 10.1. The van der Waals surface area contributed by atoms with Gasteiger partial charge in [0, 0.05) is 12.0 Å². The summed E-state index contributed by atoms with van der Waals surface area (Å²) in [7, 11) is 1.46. The van der Waals surface area contributed by atoms with Gasteiger partial charge in [-0.25, -0.2) is 4.79 Å². The Bertz CT molecular complexity index is 515. The van der Waals surface area contributed by atoms with Gasteiger partial charge >= 0.3 is 5.97 Å². The van der Waals surface area contributed by atoms with E-state index in [0.717, 1.165) is 0 Å². The maximum Gasteiger partial charge on any atom is 0.326 e. The lowest BCUT2D eigenvalue weighted by Gasteiger charge is -2.14. The van der Waals surface area contributed by atoms with Crippen molar-refractivity contribution >= 4 is 17.8 Å². The van der Waals surface area contributed by atoms with Crippen molar-refractivity contribution in [2.24, 2.45) is 5.73 Å². The van der Waals surface area contributed by atoms with E-state index < -0.39 is 23.8 Å². The normalized spacial score (nSPS) is 11.4. The van der Waals surface area contributed by atoms with Gasteiger partial charge in [-0.2, -0.15) is 0 Å². The standard InChI is InChI=1S/C13H16N2O5/c1-20-9-4-2-3-8(7-9)12(17)15-10(13(18)19)5-6-11(14)16/h2-4,7,10H,5-6H2,1H3,(H2,14,16)(H,15,17)(H,18,19). The lowest BCUT2D eigenvalue weighted by molar-refractivity contribution is -0.139. The number of aliphatic carboxylic acids is 1. The van der Waals surface area contributed by atoms with Crippen molar-refractivity contribution in [2.45, 2.75) is 18.9 Å². The van der Waals surface area contributed by atoms with Gasteiger partial charge in [-0.05, 0) is 24.6 Å². The van der Waals surface area contributed by atoms with E-state index in [2.05, 4.69) is 5.32 Å². The molecule has 0 fully saturated rings. The minimum atomic E-state index is -1.22. The summed E-state index contributed by atoms with van der Waals surface area (Å²) in [6.45, 7) is 0. The zero-order valence-electron chi connectivity index (χ0n) is 11.0. The number of hydrogen-bond acceptors (Lipinski definition) is 4. The van der Waals surface area contributed by atoms with Crippen LogP contribution >= 0.6 is 0 Å². The average Bonchev–Trinajstić information content (AvgIpc) is 2.42. The molecule has 2 amide bonds. The number of rotatable bonds is 7. The van der Waals surface area contributed by atoms with Crippen molar-refractivity contribution in [2.75, 3.05) is 7.11 Å². The van der Waals surface area contributed by atoms with Crippen molar-refractivity contribution in [1.82, 2.24) is 5.32 Å². The molecule has 1 atom stereocenters. The summed E-state index contributed by atoms with van der Waals surface area (Å²) in [6, 6.07) is 5.14. The van der Waals surface area contributed by atoms with E-state index in [0.29, 0.717) is 5.75 Å². The molecular weight excluding hydrogens is 264 g/mol. The Morgan fingerprint density at radius 3 is 2.65 bits per heavy atom. The zero-order valence-corrected chi connectivity index (χ0v) is 11.0. The van der Waals surface area contributed by atoms with Crippen LogP contribution in [0.2, 0.25) is 0 Å². The zero-order chi connectivity index (χ0) is 15.1. The molecule has 108 valence electrons. The SMILES string of the molecule is COc1cccc(C(=O)NC(CCC(N)=O)C(=O)O)c1. The van der Waals surface area contributed by atoms with E-state index in [1.165, 1.54) is 19.2 Å². The molecule has 7 heteroatoms. The Morgan fingerprint density at radius 2 is 2.10 bits per heavy atom. The first-order valence-electron chi connectivity index (χ1n) is 5.90. The maximum atomic E-state index is 11.9. The number of ether oxygens (including phenoxy) is 1. The molecule has 7 nitrogen and oxygen atoms in total. The van der Waals surface area contributed by atoms with Gasteiger partial charge in [0.1, 0.15) is 11.8 Å². The first-order chi connectivity index (χ1) is 9.43. The fourth-order valence-corrected chi connectivity index (χ4v) is 1.55. The summed E-state index contributed by atoms with van der Waals surface area (Å²) in [6.07, 6.45) is -0.171. The van der Waals surface area contributed by atoms with Crippen LogP contribution in [0.25, 0.3) is 0 Å². The fraction of sp³-hybridized carbons (Fsp3) is 0.308. The molecule has 1 aromatic rings. The number of primary amides is 1. The van der Waals surface area contributed by atoms with Crippen LogP contribution in [0.5, 0.6) is 5.75 Å². The van der Waals surface area contributed by atoms with E-state index in [1.54, 1.807) is 12.1 Å². The second-order valence-corrected chi connectivity index (χ2v) is 4.10. The summed E-state index contributed by atoms with van der Waals surface area (Å²) in [5.74, 6) is -1.91. The smallest absolute Gasteiger partial charge is 0.326 e. The van der Waals surface area contributed by atoms with Crippen molar-refractivity contribution in [3.05, 3.63) is 29.8 Å². The van der Waals surface area contributed by atoms with Crippen LogP contribution in [0.15, 0.2) is 24.3 Å². The largest absolute Gasteiger partial charge is 0.497 e. The number of carboxylic acid groups (broad SMARTS) is 1. The van der Waals surface area contributed by atoms with Gasteiger partial charge in [-0.3, -0.25) is 9.59 Å². The number of carboxylic acids is 1. The number of benzene rings is 1. The van der Waals surface area contributed by atoms with Crippen LogP contribution in [-0.2, 0) is 9.59 Å². The molecule has 0 radical (unpaired) electrons. The summed E-state index contributed by atoms with van der Waals surface area (Å²) < 4.78 is 4.98. The molecule has 4 N–H and O–H groups in total. The molecule has 0 aliphatic heterocycles. The summed E-state index contributed by atoms with van der Waals surface area (Å²) in [4.78, 5) is 33.6. The highest BCUT2D eigenvalue weighted by atomic mass is 16.5. The monoisotopic (exact) mass is 280 g/mol. The molecule has 1 aromatic carbocycles. The van der Waals surface area contributed by atoms with Crippen LogP contribution in [0.3, 0.4) is 0 Å². The van der Waals surface area contributed by atoms with Crippen molar-refractivity contribution in [3.63, 3.8) is 0 Å². The number of methoxy groups -OCH3 is 1. The number of amides is 2. The van der Waals surface area contributed by atoms with Crippen molar-refractivity contribution < 1.29 is 24.2 Å². The third-order valence-corrected chi connectivity index (χ3v) is 2.61. The molecular formula is C13H16N2O5. The van der Waals surface area contributed by atoms with E-state index in [4.69, 9.17) is 15.6 Å². The Balaban J connectivity index is 2.74. The Morgan fingerprint density at radius 1 is 1.40 bits per heavy atom. The number of carbonyl (C=O) groups excluding carboxylic acids is 2. The Kier molecular flexibility index (Phi) is 5.52. The Labute approximate surface area is 115 Å². The second-order valence-electron chi connectivity index (χ2n) is 4.10. The minimum Gasteiger partial charge on any atom is -0.497 e. The van der Waals surface area contributed by atoms with E-state index in [1.807, 2.05) is 0 Å². The lowest BCUT2D eigenvalue weighted by Crippen LogP contribution is -2.41. The van der Waals surface area contributed by atoms with Gasteiger partial charge in [0.15, 0.2) is 0 Å². The molecule has 0 spiro atoms. The van der Waals surface area contributed by atoms with Crippen LogP contribution < -0.4 is 15.8 Å². The summed E-state index contributed by atoms with van der Waals surface area (Å²) >= 11 is 0. The van der Waals surface area contributed by atoms with Gasteiger partial charge in [-0.15, -0.1) is 0 Å². The van der Waals surface area contributed by atoms with Crippen molar-refractivity contribution in [3.8, 4) is 5.75 Å². The quantitative estimate of drug-likeness (QED) is 0.656. The summed E-state index contributed by atoms with van der Waals surface area (Å²) in [5, 5.41) is 11.3. The number of carbonyl (C=O) groups is 3. The van der Waals surface area contributed by atoms with E-state index in [9.17, 15) is 14.4 Å². The fourth-order valence-electron chi connectivity index (χ4n) is 1.55. The molecule has 0 saturated heterocycles. The van der Waals surface area contributed by atoms with Crippen molar-refractivity contribution in [1.29, 1.82) is 0 Å². The van der Waals surface area contributed by atoms with Gasteiger partial charge < -0.3 is 20.9 Å². The van der Waals surface area contributed by atoms with Crippen LogP contribution in [-0.4, -0.2) is 36.0 Å². The third kappa shape index (κ3) is 4.60. The summed E-state index contributed by atoms with van der Waals surface area (Å²) in [5.41, 5.74) is 5.23. The minimum absolute atomic E-state index is 0.0552. The molecule has 20 heavy (non-hydrogen) atoms. The second kappa shape index (κ2) is 7.13. The molecule has 1 unspecified atom stereocenters. The highest BCUT2D eigenvalue weighted by molar-refractivity contribution is 5.97. The number of nitrogens with two attached hydrogens (primary N) is 1. The highest BCUT2D eigenvalue weighted by Crippen LogP contribution is 2.12. The molecule has 0 aliphatic rings. The maximum absolute atomic E-state index is 11.9. The highest BCUT2D eigenvalue weighted by Gasteiger charge is 2.21. The van der Waals surface area contributed by atoms with Gasteiger partial charge in [-0.1, -0.05) is 6.07 Å². The number of hydrogen-bond donors (Lipinski definition) is 3. The molecule has 0 aliphatic carbocycles. The topological polar surface area (TPSA) is 119 Å². The predicted molar refractivity (Wildman–Crippen MR) is 70.3 cm³/mol. The molecule has 0 saturated carbocycles. The molecule has 0 bridgehead atoms. The van der Waals surface area contributed by atoms with E-state index in [-0.39, 0.29) is 18.4 Å². The number of nitrogens with one attached hydrogen (secondary N) is 1. The van der Waals surface area contributed by atoms with Gasteiger partial charge in [0.05, 0.1) is 7.11 Å². The third-order valence-electron chi connectivity index (χ3n) is 2.61. The average molecular weight is 280 g/mol. The predicted octanol–water partition coefficient (Wildman–Crippen LogP) is 0.144. The van der Waals surface area contributed by atoms with Crippen LogP contribution in [0, 0.1) is 0 Å². The first kappa shape index (κ1) is 15.5. The molecule has 0 heterocycles. The first-order valence-corrected chi connectivity index (χ1v) is 5.90. The van der Waals surface area contributed by atoms with Gasteiger partial charge in [0.2, 0.25) is 5.91 Å². The van der Waals surface area contributed by atoms with Crippen LogP contribution in [0.1, 0.15) is 23.2 Å². The molecule has 0 aromatic heterocycles. The Hall–Kier alpha value is -2.57. The van der Waals surface area contributed by atoms with Gasteiger partial charge in [0.25, 0.3) is 5.91 Å².